The molecule has 104 valence electrons. The predicted molar refractivity (Wildman–Crippen MR) is 64.6 cm³/mol. The maximum Gasteiger partial charge on any atom is 0.433 e. The number of hydrogen-bond donors (Lipinski definition) is 1. The molecule has 0 unspecified atom stereocenters. The lowest BCUT2D eigenvalue weighted by Gasteiger charge is -2.34. The zero-order valence-corrected chi connectivity index (χ0v) is 11.1. The van der Waals surface area contributed by atoms with Gasteiger partial charge in [0, 0.05) is 11.0 Å². The van der Waals surface area contributed by atoms with Crippen LogP contribution in [0.2, 0.25) is 0 Å². The van der Waals surface area contributed by atoms with Crippen LogP contribution in [-0.2, 0) is 11.6 Å². The Kier molecular flexibility index (Phi) is 2.15. The van der Waals surface area contributed by atoms with E-state index < -0.39 is 11.9 Å². The Hall–Kier alpha value is -1.33. The van der Waals surface area contributed by atoms with Gasteiger partial charge in [0.05, 0.1) is 5.69 Å². The van der Waals surface area contributed by atoms with Crippen molar-refractivity contribution in [1.82, 2.24) is 9.97 Å². The minimum atomic E-state index is -4.47. The van der Waals surface area contributed by atoms with Crippen LogP contribution in [0.25, 0.3) is 0 Å². The molecule has 0 aliphatic heterocycles. The van der Waals surface area contributed by atoms with Crippen molar-refractivity contribution in [2.75, 3.05) is 5.73 Å². The summed E-state index contributed by atoms with van der Waals surface area (Å²) in [6, 6.07) is 0. The molecule has 2 aliphatic carbocycles. The molecule has 6 heteroatoms. The first-order valence-corrected chi connectivity index (χ1v) is 6.34. The molecule has 3 nitrogen and oxygen atoms in total. The fraction of sp³-hybridized carbons (Fsp3) is 0.692. The number of anilines is 1. The molecule has 3 rings (SSSR count). The third-order valence-corrected chi connectivity index (χ3v) is 5.33. The smallest absolute Gasteiger partial charge is 0.368 e. The second-order valence-electron chi connectivity index (χ2n) is 6.34. The fourth-order valence-corrected chi connectivity index (χ4v) is 3.88. The van der Waals surface area contributed by atoms with Crippen molar-refractivity contribution < 1.29 is 13.2 Å². The molecule has 1 fully saturated rings. The van der Waals surface area contributed by atoms with E-state index >= 15 is 0 Å². The maximum atomic E-state index is 13.2. The average Bonchev–Trinajstić information content (AvgIpc) is 2.58. The monoisotopic (exact) mass is 271 g/mol. The van der Waals surface area contributed by atoms with Crippen LogP contribution in [0.5, 0.6) is 0 Å². The summed E-state index contributed by atoms with van der Waals surface area (Å²) in [5, 5.41) is 0. The lowest BCUT2D eigenvalue weighted by atomic mass is 9.70. The molecular formula is C13H16F3N3. The molecule has 0 amide bonds. The van der Waals surface area contributed by atoms with Gasteiger partial charge in [-0.05, 0) is 24.2 Å². The summed E-state index contributed by atoms with van der Waals surface area (Å²) in [5.74, 6) is -0.416. The Morgan fingerprint density at radius 2 is 1.84 bits per heavy atom. The highest BCUT2D eigenvalue weighted by atomic mass is 19.4. The highest BCUT2D eigenvalue weighted by Gasteiger charge is 2.63. The molecule has 0 spiro atoms. The molecule has 0 saturated heterocycles. The number of hydrogen-bond acceptors (Lipinski definition) is 3. The first kappa shape index (κ1) is 12.7. The number of alkyl halides is 3. The van der Waals surface area contributed by atoms with Crippen molar-refractivity contribution in [3.63, 3.8) is 0 Å². The van der Waals surface area contributed by atoms with Crippen molar-refractivity contribution in [1.29, 1.82) is 0 Å². The molecule has 2 N–H and O–H groups in total. The van der Waals surface area contributed by atoms with E-state index in [0.717, 1.165) is 12.8 Å². The number of aromatic nitrogens is 2. The summed E-state index contributed by atoms with van der Waals surface area (Å²) in [6.07, 6.45) is -2.86. The van der Waals surface area contributed by atoms with E-state index in [9.17, 15) is 13.2 Å². The molecule has 19 heavy (non-hydrogen) atoms. The van der Waals surface area contributed by atoms with Gasteiger partial charge in [-0.3, -0.25) is 0 Å². The van der Waals surface area contributed by atoms with Gasteiger partial charge >= 0.3 is 6.18 Å². The van der Waals surface area contributed by atoms with Crippen LogP contribution in [0.1, 0.15) is 56.5 Å². The van der Waals surface area contributed by atoms with E-state index in [1.165, 1.54) is 0 Å². The van der Waals surface area contributed by atoms with Gasteiger partial charge in [0.15, 0.2) is 5.69 Å². The summed E-state index contributed by atoms with van der Waals surface area (Å²) in [7, 11) is 0. The first-order valence-electron chi connectivity index (χ1n) is 6.34. The molecule has 1 aromatic rings. The highest BCUT2D eigenvalue weighted by molar-refractivity contribution is 5.50. The summed E-state index contributed by atoms with van der Waals surface area (Å²) in [4.78, 5) is 7.62. The Morgan fingerprint density at radius 1 is 1.21 bits per heavy atom. The maximum absolute atomic E-state index is 13.2. The van der Waals surface area contributed by atoms with Crippen LogP contribution in [0.15, 0.2) is 0 Å². The van der Waals surface area contributed by atoms with Crippen molar-refractivity contribution in [2.24, 2.45) is 5.41 Å². The van der Waals surface area contributed by atoms with Gasteiger partial charge < -0.3 is 5.73 Å². The summed E-state index contributed by atoms with van der Waals surface area (Å²) < 4.78 is 39.5. The first-order chi connectivity index (χ1) is 8.59. The van der Waals surface area contributed by atoms with E-state index in [4.69, 9.17) is 5.73 Å². The summed E-state index contributed by atoms with van der Waals surface area (Å²) >= 11 is 0. The quantitative estimate of drug-likeness (QED) is 0.788. The number of nitrogens with two attached hydrogens (primary N) is 1. The van der Waals surface area contributed by atoms with E-state index in [2.05, 4.69) is 9.97 Å². The van der Waals surface area contributed by atoms with Crippen LogP contribution in [0.3, 0.4) is 0 Å². The fourth-order valence-electron chi connectivity index (χ4n) is 3.88. The van der Waals surface area contributed by atoms with Crippen molar-refractivity contribution >= 4 is 5.95 Å². The summed E-state index contributed by atoms with van der Waals surface area (Å²) in [6.45, 7) is 6.02. The minimum absolute atomic E-state index is 0.135. The van der Waals surface area contributed by atoms with Crippen LogP contribution < -0.4 is 5.73 Å². The Bertz CT molecular complexity index is 565. The number of fused-ring (bicyclic) bond motifs is 5. The largest absolute Gasteiger partial charge is 0.433 e. The third-order valence-electron chi connectivity index (χ3n) is 5.33. The van der Waals surface area contributed by atoms with Gasteiger partial charge in [0.1, 0.15) is 0 Å². The van der Waals surface area contributed by atoms with E-state index in [1.807, 2.05) is 20.8 Å². The highest BCUT2D eigenvalue weighted by Crippen LogP contribution is 2.68. The number of rotatable bonds is 0. The number of halogens is 3. The normalized spacial score (nSPS) is 31.6. The Balaban J connectivity index is 2.34. The molecule has 2 aliphatic rings. The molecule has 0 radical (unpaired) electrons. The van der Waals surface area contributed by atoms with Crippen molar-refractivity contribution in [2.45, 2.75) is 51.1 Å². The second kappa shape index (κ2) is 3.22. The van der Waals surface area contributed by atoms with Crippen LogP contribution >= 0.6 is 0 Å². The van der Waals surface area contributed by atoms with E-state index in [1.54, 1.807) is 0 Å². The predicted octanol–water partition coefficient (Wildman–Crippen LogP) is 3.25. The standard InChI is InChI=1S/C13H16F3N3/c1-11(2)6-4-5-12(11,3)8-7(6)9(13(14,15)16)19-10(17)18-8/h6H,4-5H2,1-3H3,(H2,17,18,19)/t6-,12-/m0/s1. The lowest BCUT2D eigenvalue weighted by Crippen LogP contribution is -2.32. The van der Waals surface area contributed by atoms with Gasteiger partial charge in [-0.1, -0.05) is 20.8 Å². The van der Waals surface area contributed by atoms with Crippen LogP contribution in [0.4, 0.5) is 19.1 Å². The molecule has 0 aromatic carbocycles. The second-order valence-corrected chi connectivity index (χ2v) is 6.34. The third kappa shape index (κ3) is 1.34. The summed E-state index contributed by atoms with van der Waals surface area (Å²) in [5.41, 5.74) is 4.85. The van der Waals surface area contributed by atoms with Gasteiger partial charge in [0.2, 0.25) is 5.95 Å². The number of nitrogens with zero attached hydrogens (tertiary/aromatic N) is 2. The topological polar surface area (TPSA) is 51.8 Å². The molecule has 1 saturated carbocycles. The van der Waals surface area contributed by atoms with Gasteiger partial charge in [-0.15, -0.1) is 0 Å². The lowest BCUT2D eigenvalue weighted by molar-refractivity contribution is -0.142. The minimum Gasteiger partial charge on any atom is -0.368 e. The van der Waals surface area contributed by atoms with Gasteiger partial charge in [-0.2, -0.15) is 13.2 Å². The van der Waals surface area contributed by atoms with Gasteiger partial charge in [-0.25, -0.2) is 9.97 Å². The van der Waals surface area contributed by atoms with E-state index in [-0.39, 0.29) is 28.3 Å². The SMILES string of the molecule is CC1(C)[C@H]2CC[C@@]1(C)c1nc(N)nc(C(F)(F)F)c12. The Morgan fingerprint density at radius 3 is 2.42 bits per heavy atom. The van der Waals surface area contributed by atoms with Crippen molar-refractivity contribution in [3.05, 3.63) is 17.0 Å². The Labute approximate surface area is 109 Å². The molecule has 2 atom stereocenters. The van der Waals surface area contributed by atoms with Crippen LogP contribution in [-0.4, -0.2) is 9.97 Å². The van der Waals surface area contributed by atoms with Gasteiger partial charge in [0.25, 0.3) is 0 Å². The zero-order valence-electron chi connectivity index (χ0n) is 11.1. The molecular weight excluding hydrogens is 255 g/mol. The van der Waals surface area contributed by atoms with Crippen molar-refractivity contribution in [3.8, 4) is 0 Å². The number of nitrogen functional groups attached to an aromatic ring is 1. The molecule has 2 bridgehead atoms. The van der Waals surface area contributed by atoms with E-state index in [0.29, 0.717) is 5.69 Å². The van der Waals surface area contributed by atoms with Crippen LogP contribution in [0, 0.1) is 5.41 Å². The zero-order chi connectivity index (χ0) is 14.2. The molecule has 1 heterocycles. The average molecular weight is 271 g/mol. The molecule has 1 aromatic heterocycles.